The molecule has 4 rings (SSSR count). The number of thiazole rings is 1. The number of aromatic nitrogens is 2. The van der Waals surface area contributed by atoms with Crippen LogP contribution < -0.4 is 5.73 Å². The van der Waals surface area contributed by atoms with Crippen LogP contribution in [0.15, 0.2) is 42.5 Å². The summed E-state index contributed by atoms with van der Waals surface area (Å²) >= 11 is 1.67. The lowest BCUT2D eigenvalue weighted by atomic mass is 10.0. The third-order valence-electron chi connectivity index (χ3n) is 4.71. The Bertz CT molecular complexity index is 1080. The van der Waals surface area contributed by atoms with E-state index in [9.17, 15) is 4.79 Å². The van der Waals surface area contributed by atoms with Crippen LogP contribution in [0.2, 0.25) is 0 Å². The van der Waals surface area contributed by atoms with Gasteiger partial charge in [0.15, 0.2) is 0 Å². The summed E-state index contributed by atoms with van der Waals surface area (Å²) < 4.78 is 1.16. The number of aromatic amines is 1. The molecule has 0 amide bonds. The van der Waals surface area contributed by atoms with Gasteiger partial charge in [0.05, 0.1) is 22.3 Å². The molecule has 138 valence electrons. The molecule has 4 aromatic rings. The Morgan fingerprint density at radius 2 is 2.04 bits per heavy atom. The number of rotatable bonds is 7. The summed E-state index contributed by atoms with van der Waals surface area (Å²) in [5.74, 6) is -0.819. The van der Waals surface area contributed by atoms with Crippen LogP contribution in [0.4, 0.5) is 0 Å². The molecule has 4 N–H and O–H groups in total. The van der Waals surface area contributed by atoms with Crippen LogP contribution in [0.5, 0.6) is 0 Å². The van der Waals surface area contributed by atoms with Gasteiger partial charge in [-0.05, 0) is 61.2 Å². The van der Waals surface area contributed by atoms with E-state index >= 15 is 0 Å². The molecule has 0 aliphatic rings. The maximum Gasteiger partial charge on any atom is 0.307 e. The zero-order valence-electron chi connectivity index (χ0n) is 14.9. The van der Waals surface area contributed by atoms with E-state index in [4.69, 9.17) is 15.8 Å². The minimum atomic E-state index is -0.819. The van der Waals surface area contributed by atoms with Gasteiger partial charge in [-0.2, -0.15) is 0 Å². The SMILES string of the molecule is NCCCCc1c(-c2nc3ccccc3s2)[nH]c2ccc(CC(=O)O)cc12. The average Bonchev–Trinajstić information content (AvgIpc) is 3.22. The minimum absolute atomic E-state index is 0.0276. The van der Waals surface area contributed by atoms with Crippen molar-refractivity contribution in [2.75, 3.05) is 6.54 Å². The lowest BCUT2D eigenvalue weighted by Gasteiger charge is -2.03. The second kappa shape index (κ2) is 7.50. The number of hydrogen-bond acceptors (Lipinski definition) is 4. The number of nitrogens with one attached hydrogen (secondary N) is 1. The molecule has 0 unspecified atom stereocenters. The smallest absolute Gasteiger partial charge is 0.307 e. The average molecular weight is 379 g/mol. The van der Waals surface area contributed by atoms with Gasteiger partial charge in [-0.25, -0.2) is 4.98 Å². The molecular formula is C21H21N3O2S. The van der Waals surface area contributed by atoms with Crippen molar-refractivity contribution in [3.8, 4) is 10.7 Å². The standard InChI is InChI=1S/C21H21N3O2S/c22-10-4-3-5-14-15-11-13(12-19(25)26)8-9-16(15)23-20(14)21-24-17-6-1-2-7-18(17)27-21/h1-2,6-9,11,23H,3-5,10,12,22H2,(H,25,26). The number of fused-ring (bicyclic) bond motifs is 2. The zero-order chi connectivity index (χ0) is 18.8. The Morgan fingerprint density at radius 1 is 1.19 bits per heavy atom. The van der Waals surface area contributed by atoms with E-state index in [1.807, 2.05) is 36.4 Å². The minimum Gasteiger partial charge on any atom is -0.481 e. The Morgan fingerprint density at radius 3 is 2.81 bits per heavy atom. The summed E-state index contributed by atoms with van der Waals surface area (Å²) in [4.78, 5) is 19.4. The van der Waals surface area contributed by atoms with Crippen molar-refractivity contribution < 1.29 is 9.90 Å². The van der Waals surface area contributed by atoms with Gasteiger partial charge in [-0.1, -0.05) is 18.2 Å². The number of aliphatic carboxylic acids is 1. The molecule has 0 spiro atoms. The van der Waals surface area contributed by atoms with Crippen molar-refractivity contribution in [3.05, 3.63) is 53.6 Å². The van der Waals surface area contributed by atoms with Crippen LogP contribution in [0.1, 0.15) is 24.0 Å². The van der Waals surface area contributed by atoms with Crippen molar-refractivity contribution in [2.24, 2.45) is 5.73 Å². The molecule has 0 bridgehead atoms. The van der Waals surface area contributed by atoms with Crippen LogP contribution in [0.25, 0.3) is 31.8 Å². The fourth-order valence-electron chi connectivity index (χ4n) is 3.45. The maximum absolute atomic E-state index is 11.1. The quantitative estimate of drug-likeness (QED) is 0.416. The third kappa shape index (κ3) is 3.59. The topological polar surface area (TPSA) is 92.0 Å². The van der Waals surface area contributed by atoms with Gasteiger partial charge < -0.3 is 15.8 Å². The van der Waals surface area contributed by atoms with E-state index in [1.54, 1.807) is 11.3 Å². The fourth-order valence-corrected chi connectivity index (χ4v) is 4.44. The Labute approximate surface area is 160 Å². The number of aryl methyl sites for hydroxylation is 1. The highest BCUT2D eigenvalue weighted by atomic mass is 32.1. The van der Waals surface area contributed by atoms with E-state index in [2.05, 4.69) is 11.1 Å². The number of H-pyrrole nitrogens is 1. The van der Waals surface area contributed by atoms with Crippen molar-refractivity contribution in [3.63, 3.8) is 0 Å². The van der Waals surface area contributed by atoms with Crippen LogP contribution >= 0.6 is 11.3 Å². The number of carboxylic acids is 1. The molecule has 27 heavy (non-hydrogen) atoms. The second-order valence-corrected chi connectivity index (χ2v) is 7.69. The molecule has 0 fully saturated rings. The first kappa shape index (κ1) is 17.7. The van der Waals surface area contributed by atoms with Crippen molar-refractivity contribution in [1.29, 1.82) is 0 Å². The summed E-state index contributed by atoms with van der Waals surface area (Å²) in [5.41, 5.74) is 10.7. The molecule has 0 aliphatic carbocycles. The van der Waals surface area contributed by atoms with Gasteiger partial charge in [0.2, 0.25) is 0 Å². The molecular weight excluding hydrogens is 358 g/mol. The number of benzene rings is 2. The molecule has 2 heterocycles. The summed E-state index contributed by atoms with van der Waals surface area (Å²) in [7, 11) is 0. The second-order valence-electron chi connectivity index (χ2n) is 6.66. The number of hydrogen-bond donors (Lipinski definition) is 3. The summed E-state index contributed by atoms with van der Waals surface area (Å²) in [6, 6.07) is 14.0. The number of nitrogens with zero attached hydrogens (tertiary/aromatic N) is 1. The molecule has 0 atom stereocenters. The van der Waals surface area contributed by atoms with Crippen molar-refractivity contribution >= 4 is 38.4 Å². The van der Waals surface area contributed by atoms with Gasteiger partial charge in [0, 0.05) is 10.9 Å². The van der Waals surface area contributed by atoms with Crippen LogP contribution in [0, 0.1) is 0 Å². The van der Waals surface area contributed by atoms with Crippen molar-refractivity contribution in [2.45, 2.75) is 25.7 Å². The summed E-state index contributed by atoms with van der Waals surface area (Å²) in [6.07, 6.45) is 2.87. The number of nitrogens with two attached hydrogens (primary N) is 1. The highest BCUT2D eigenvalue weighted by Crippen LogP contribution is 2.36. The maximum atomic E-state index is 11.1. The number of unbranched alkanes of at least 4 members (excludes halogenated alkanes) is 1. The first-order valence-corrected chi connectivity index (χ1v) is 9.88. The highest BCUT2D eigenvalue weighted by Gasteiger charge is 2.17. The summed E-state index contributed by atoms with van der Waals surface area (Å²) in [6.45, 7) is 0.670. The number of carboxylic acid groups (broad SMARTS) is 1. The van der Waals surface area contributed by atoms with Gasteiger partial charge in [0.25, 0.3) is 0 Å². The monoisotopic (exact) mass is 379 g/mol. The lowest BCUT2D eigenvalue weighted by Crippen LogP contribution is -2.00. The van der Waals surface area contributed by atoms with Crippen molar-refractivity contribution in [1.82, 2.24) is 9.97 Å². The highest BCUT2D eigenvalue weighted by molar-refractivity contribution is 7.21. The summed E-state index contributed by atoms with van der Waals surface area (Å²) in [5, 5.41) is 11.2. The fraction of sp³-hybridized carbons (Fsp3) is 0.238. The number of carbonyl (C=O) groups is 1. The Hall–Kier alpha value is -2.70. The Kier molecular flexibility index (Phi) is 4.92. The Balaban J connectivity index is 1.84. The molecule has 6 heteroatoms. The van der Waals surface area contributed by atoms with Crippen LogP contribution in [0.3, 0.4) is 0 Å². The predicted octanol–water partition coefficient (Wildman–Crippen LogP) is 4.35. The molecule has 0 radical (unpaired) electrons. The van der Waals surface area contributed by atoms with E-state index in [-0.39, 0.29) is 6.42 Å². The van der Waals surface area contributed by atoms with E-state index in [0.717, 1.165) is 56.6 Å². The van der Waals surface area contributed by atoms with Gasteiger partial charge in [-0.15, -0.1) is 11.3 Å². The first-order valence-electron chi connectivity index (χ1n) is 9.07. The van der Waals surface area contributed by atoms with Gasteiger partial charge in [0.1, 0.15) is 5.01 Å². The molecule has 0 saturated heterocycles. The molecule has 0 aliphatic heterocycles. The van der Waals surface area contributed by atoms with Crippen LogP contribution in [-0.4, -0.2) is 27.6 Å². The van der Waals surface area contributed by atoms with E-state index < -0.39 is 5.97 Å². The lowest BCUT2D eigenvalue weighted by molar-refractivity contribution is -0.136. The molecule has 2 aromatic carbocycles. The third-order valence-corrected chi connectivity index (χ3v) is 5.77. The largest absolute Gasteiger partial charge is 0.481 e. The van der Waals surface area contributed by atoms with Gasteiger partial charge in [-0.3, -0.25) is 4.79 Å². The molecule has 5 nitrogen and oxygen atoms in total. The molecule has 0 saturated carbocycles. The van der Waals surface area contributed by atoms with Crippen LogP contribution in [-0.2, 0) is 17.6 Å². The normalized spacial score (nSPS) is 11.4. The molecule has 2 aromatic heterocycles. The predicted molar refractivity (Wildman–Crippen MR) is 110 cm³/mol. The van der Waals surface area contributed by atoms with Gasteiger partial charge >= 0.3 is 5.97 Å². The zero-order valence-corrected chi connectivity index (χ0v) is 15.7. The first-order chi connectivity index (χ1) is 13.2. The van der Waals surface area contributed by atoms with E-state index in [0.29, 0.717) is 6.54 Å². The van der Waals surface area contributed by atoms with E-state index in [1.165, 1.54) is 5.56 Å². The number of para-hydroxylation sites is 1.